The minimum Gasteiger partial charge on any atom is -0.312 e. The van der Waals surface area contributed by atoms with Gasteiger partial charge in [0.25, 0.3) is 0 Å². The summed E-state index contributed by atoms with van der Waals surface area (Å²) < 4.78 is 0. The van der Waals surface area contributed by atoms with Crippen molar-refractivity contribution in [1.29, 1.82) is 0 Å². The molecular weight excluding hydrogens is 232 g/mol. The summed E-state index contributed by atoms with van der Waals surface area (Å²) in [6, 6.07) is 10.4. The van der Waals surface area contributed by atoms with Crippen molar-refractivity contribution in [2.24, 2.45) is 0 Å². The summed E-state index contributed by atoms with van der Waals surface area (Å²) >= 11 is 0. The molecule has 0 aliphatic heterocycles. The van der Waals surface area contributed by atoms with Crippen LogP contribution in [-0.2, 0) is 0 Å². The molecule has 1 N–H and O–H groups in total. The molecule has 0 heterocycles. The molecule has 2 nitrogen and oxygen atoms in total. The van der Waals surface area contributed by atoms with Crippen LogP contribution in [0.2, 0.25) is 0 Å². The Balaban J connectivity index is 2.91. The third-order valence-corrected chi connectivity index (χ3v) is 4.28. The molecule has 0 saturated heterocycles. The molecule has 108 valence electrons. The van der Waals surface area contributed by atoms with E-state index in [-0.39, 0.29) is 0 Å². The van der Waals surface area contributed by atoms with Crippen LogP contribution in [0.3, 0.4) is 0 Å². The lowest BCUT2D eigenvalue weighted by Gasteiger charge is -2.38. The third-order valence-electron chi connectivity index (χ3n) is 4.28. The summed E-state index contributed by atoms with van der Waals surface area (Å²) in [6.45, 7) is 12.4. The van der Waals surface area contributed by atoms with E-state index in [9.17, 15) is 0 Å². The molecule has 1 rings (SSSR count). The molecule has 0 aliphatic rings. The van der Waals surface area contributed by atoms with E-state index in [0.29, 0.717) is 18.1 Å². The molecule has 0 fully saturated rings. The summed E-state index contributed by atoms with van der Waals surface area (Å²) in [7, 11) is 2.06. The van der Waals surface area contributed by atoms with Crippen molar-refractivity contribution in [1.82, 2.24) is 10.2 Å². The fourth-order valence-electron chi connectivity index (χ4n) is 2.89. The van der Waals surface area contributed by atoms with E-state index in [1.807, 2.05) is 0 Å². The Hall–Kier alpha value is -0.860. The van der Waals surface area contributed by atoms with Gasteiger partial charge >= 0.3 is 0 Å². The minimum atomic E-state index is 0.384. The molecule has 1 aromatic carbocycles. The Labute approximate surface area is 119 Å². The standard InChI is InChI=1S/C17H30N2/c1-7-14(4)19(8-2)15(5)17(18-6)16-11-9-13(3)10-12-16/h9-12,14-15,17-18H,7-8H2,1-6H3. The van der Waals surface area contributed by atoms with E-state index < -0.39 is 0 Å². The molecule has 0 radical (unpaired) electrons. The number of aryl methyl sites for hydroxylation is 1. The molecule has 2 heteroatoms. The summed E-state index contributed by atoms with van der Waals surface area (Å²) in [5.41, 5.74) is 2.70. The Morgan fingerprint density at radius 2 is 1.68 bits per heavy atom. The third kappa shape index (κ3) is 4.05. The zero-order valence-electron chi connectivity index (χ0n) is 13.4. The van der Waals surface area contributed by atoms with Gasteiger partial charge < -0.3 is 5.32 Å². The van der Waals surface area contributed by atoms with Crippen LogP contribution in [0.15, 0.2) is 24.3 Å². The van der Waals surface area contributed by atoms with Crippen molar-refractivity contribution < 1.29 is 0 Å². The Morgan fingerprint density at radius 1 is 1.11 bits per heavy atom. The highest BCUT2D eigenvalue weighted by Crippen LogP contribution is 2.23. The Kier molecular flexibility index (Phi) is 6.53. The predicted molar refractivity (Wildman–Crippen MR) is 84.6 cm³/mol. The normalized spacial score (nSPS) is 16.4. The SMILES string of the molecule is CCC(C)N(CC)C(C)C(NC)c1ccc(C)cc1. The Bertz CT molecular complexity index is 358. The van der Waals surface area contributed by atoms with Crippen LogP contribution in [0.25, 0.3) is 0 Å². The number of nitrogens with one attached hydrogen (secondary N) is 1. The lowest BCUT2D eigenvalue weighted by atomic mass is 9.97. The molecule has 3 unspecified atom stereocenters. The van der Waals surface area contributed by atoms with Gasteiger partial charge in [0.1, 0.15) is 0 Å². The molecule has 3 atom stereocenters. The van der Waals surface area contributed by atoms with Crippen LogP contribution in [0, 0.1) is 6.92 Å². The lowest BCUT2D eigenvalue weighted by Crippen LogP contribution is -2.46. The summed E-state index contributed by atoms with van der Waals surface area (Å²) in [6.07, 6.45) is 1.20. The average molecular weight is 262 g/mol. The number of likely N-dealkylation sites (N-methyl/N-ethyl adjacent to an activating group) is 2. The molecule has 0 aromatic heterocycles. The van der Waals surface area contributed by atoms with E-state index in [0.717, 1.165) is 6.54 Å². The van der Waals surface area contributed by atoms with Gasteiger partial charge in [-0.1, -0.05) is 43.7 Å². The van der Waals surface area contributed by atoms with Crippen molar-refractivity contribution in [3.8, 4) is 0 Å². The zero-order valence-corrected chi connectivity index (χ0v) is 13.4. The van der Waals surface area contributed by atoms with E-state index in [1.54, 1.807) is 0 Å². The fourth-order valence-corrected chi connectivity index (χ4v) is 2.89. The molecule has 19 heavy (non-hydrogen) atoms. The van der Waals surface area contributed by atoms with E-state index in [2.05, 4.69) is 76.1 Å². The van der Waals surface area contributed by atoms with Crippen molar-refractivity contribution in [3.63, 3.8) is 0 Å². The monoisotopic (exact) mass is 262 g/mol. The van der Waals surface area contributed by atoms with E-state index in [4.69, 9.17) is 0 Å². The molecular formula is C17H30N2. The van der Waals surface area contributed by atoms with Gasteiger partial charge in [0.2, 0.25) is 0 Å². The predicted octanol–water partition coefficient (Wildman–Crippen LogP) is 3.76. The minimum absolute atomic E-state index is 0.384. The molecule has 0 saturated carbocycles. The Morgan fingerprint density at radius 3 is 2.11 bits per heavy atom. The van der Waals surface area contributed by atoms with Crippen LogP contribution in [-0.4, -0.2) is 30.6 Å². The maximum Gasteiger partial charge on any atom is 0.0473 e. The zero-order chi connectivity index (χ0) is 14.4. The highest BCUT2D eigenvalue weighted by Gasteiger charge is 2.25. The first-order valence-electron chi connectivity index (χ1n) is 7.54. The highest BCUT2D eigenvalue weighted by molar-refractivity contribution is 5.25. The second-order valence-electron chi connectivity index (χ2n) is 5.51. The second kappa shape index (κ2) is 7.66. The summed E-state index contributed by atoms with van der Waals surface area (Å²) in [5, 5.41) is 3.49. The maximum atomic E-state index is 3.49. The first-order valence-corrected chi connectivity index (χ1v) is 7.54. The van der Waals surface area contributed by atoms with Crippen LogP contribution < -0.4 is 5.32 Å². The molecule has 0 aliphatic carbocycles. The van der Waals surface area contributed by atoms with Gasteiger partial charge in [-0.3, -0.25) is 4.90 Å². The molecule has 0 amide bonds. The number of benzene rings is 1. The van der Waals surface area contributed by atoms with Crippen molar-refractivity contribution >= 4 is 0 Å². The number of hydrogen-bond acceptors (Lipinski definition) is 2. The fraction of sp³-hybridized carbons (Fsp3) is 0.647. The maximum absolute atomic E-state index is 3.49. The van der Waals surface area contributed by atoms with Gasteiger partial charge in [-0.2, -0.15) is 0 Å². The van der Waals surface area contributed by atoms with Gasteiger partial charge in [0.05, 0.1) is 0 Å². The van der Waals surface area contributed by atoms with Gasteiger partial charge in [-0.15, -0.1) is 0 Å². The van der Waals surface area contributed by atoms with Gasteiger partial charge in [0.15, 0.2) is 0 Å². The van der Waals surface area contributed by atoms with Crippen LogP contribution in [0.4, 0.5) is 0 Å². The molecule has 0 bridgehead atoms. The van der Waals surface area contributed by atoms with E-state index in [1.165, 1.54) is 17.5 Å². The lowest BCUT2D eigenvalue weighted by molar-refractivity contribution is 0.130. The van der Waals surface area contributed by atoms with Crippen molar-refractivity contribution in [2.45, 2.75) is 59.2 Å². The van der Waals surface area contributed by atoms with Crippen molar-refractivity contribution in [2.75, 3.05) is 13.6 Å². The van der Waals surface area contributed by atoms with Gasteiger partial charge in [-0.05, 0) is 46.3 Å². The topological polar surface area (TPSA) is 15.3 Å². The highest BCUT2D eigenvalue weighted by atomic mass is 15.2. The quantitative estimate of drug-likeness (QED) is 0.805. The first kappa shape index (κ1) is 16.2. The molecule has 1 aromatic rings. The van der Waals surface area contributed by atoms with Gasteiger partial charge in [0, 0.05) is 18.1 Å². The van der Waals surface area contributed by atoms with Crippen LogP contribution >= 0.6 is 0 Å². The number of nitrogens with zero attached hydrogens (tertiary/aromatic N) is 1. The average Bonchev–Trinajstić information content (AvgIpc) is 2.42. The smallest absolute Gasteiger partial charge is 0.0473 e. The largest absolute Gasteiger partial charge is 0.312 e. The van der Waals surface area contributed by atoms with Gasteiger partial charge in [-0.25, -0.2) is 0 Å². The van der Waals surface area contributed by atoms with Crippen LogP contribution in [0.5, 0.6) is 0 Å². The number of rotatable bonds is 7. The summed E-state index contributed by atoms with van der Waals surface area (Å²) in [4.78, 5) is 2.58. The number of hydrogen-bond donors (Lipinski definition) is 1. The molecule has 0 spiro atoms. The first-order chi connectivity index (χ1) is 9.04. The van der Waals surface area contributed by atoms with E-state index >= 15 is 0 Å². The summed E-state index contributed by atoms with van der Waals surface area (Å²) in [5.74, 6) is 0. The van der Waals surface area contributed by atoms with Crippen molar-refractivity contribution in [3.05, 3.63) is 35.4 Å². The van der Waals surface area contributed by atoms with Crippen LogP contribution in [0.1, 0.15) is 51.3 Å². The second-order valence-corrected chi connectivity index (χ2v) is 5.51.